The van der Waals surface area contributed by atoms with Crippen molar-refractivity contribution in [3.8, 4) is 11.3 Å². The zero-order chi connectivity index (χ0) is 15.1. The van der Waals surface area contributed by atoms with E-state index in [9.17, 15) is 9.59 Å². The molecule has 0 aromatic carbocycles. The third-order valence-electron chi connectivity index (χ3n) is 2.79. The minimum Gasteiger partial charge on any atom is -0.481 e. The molecule has 0 bridgehead atoms. The Bertz CT molecular complexity index is 610. The van der Waals surface area contributed by atoms with Crippen molar-refractivity contribution in [2.45, 2.75) is 19.3 Å². The lowest BCUT2D eigenvalue weighted by Gasteiger charge is -2.01. The van der Waals surface area contributed by atoms with Gasteiger partial charge in [0.15, 0.2) is 11.5 Å². The number of nitrogens with zero attached hydrogens (tertiary/aromatic N) is 2. The van der Waals surface area contributed by atoms with E-state index in [1.54, 1.807) is 30.6 Å². The van der Waals surface area contributed by atoms with Gasteiger partial charge < -0.3 is 14.9 Å². The van der Waals surface area contributed by atoms with Crippen LogP contribution in [0.15, 0.2) is 35.1 Å². The van der Waals surface area contributed by atoms with E-state index in [1.165, 1.54) is 0 Å². The van der Waals surface area contributed by atoms with E-state index in [0.29, 0.717) is 25.1 Å². The number of aliphatic carboxylic acids is 1. The second kappa shape index (κ2) is 7.18. The van der Waals surface area contributed by atoms with Gasteiger partial charge in [0.2, 0.25) is 0 Å². The zero-order valence-corrected chi connectivity index (χ0v) is 11.3. The van der Waals surface area contributed by atoms with Crippen LogP contribution < -0.4 is 5.32 Å². The Hall–Kier alpha value is -2.70. The predicted molar refractivity (Wildman–Crippen MR) is 73.6 cm³/mol. The Morgan fingerprint density at radius 2 is 2.19 bits per heavy atom. The maximum atomic E-state index is 11.8. The minimum atomic E-state index is -0.834. The molecule has 110 valence electrons. The van der Waals surface area contributed by atoms with E-state index in [4.69, 9.17) is 9.63 Å². The lowest BCUT2D eigenvalue weighted by molar-refractivity contribution is -0.137. The number of carbonyl (C=O) groups is 2. The van der Waals surface area contributed by atoms with Gasteiger partial charge in [-0.05, 0) is 25.0 Å². The average Bonchev–Trinajstić information content (AvgIpc) is 2.97. The fraction of sp³-hybridized carbons (Fsp3) is 0.286. The fourth-order valence-electron chi connectivity index (χ4n) is 1.72. The monoisotopic (exact) mass is 289 g/mol. The summed E-state index contributed by atoms with van der Waals surface area (Å²) in [6.07, 6.45) is 4.49. The van der Waals surface area contributed by atoms with E-state index < -0.39 is 5.97 Å². The molecule has 0 atom stereocenters. The van der Waals surface area contributed by atoms with Crippen molar-refractivity contribution in [3.05, 3.63) is 36.3 Å². The molecule has 1 amide bonds. The van der Waals surface area contributed by atoms with Gasteiger partial charge in [-0.2, -0.15) is 0 Å². The lowest BCUT2D eigenvalue weighted by Crippen LogP contribution is -2.24. The Labute approximate surface area is 121 Å². The number of rotatable bonds is 7. The summed E-state index contributed by atoms with van der Waals surface area (Å²) in [5, 5.41) is 14.9. The number of nitrogens with one attached hydrogen (secondary N) is 1. The van der Waals surface area contributed by atoms with E-state index in [1.807, 2.05) is 0 Å². The number of carboxylic acid groups (broad SMARTS) is 1. The number of pyridine rings is 1. The molecule has 2 aromatic heterocycles. The third-order valence-corrected chi connectivity index (χ3v) is 2.79. The van der Waals surface area contributed by atoms with Gasteiger partial charge in [-0.3, -0.25) is 14.6 Å². The van der Waals surface area contributed by atoms with Gasteiger partial charge in [0.05, 0.1) is 0 Å². The van der Waals surface area contributed by atoms with Crippen LogP contribution in [-0.4, -0.2) is 33.7 Å². The Balaban J connectivity index is 1.84. The van der Waals surface area contributed by atoms with Crippen LogP contribution in [0.1, 0.15) is 29.8 Å². The quantitative estimate of drug-likeness (QED) is 0.752. The van der Waals surface area contributed by atoms with E-state index in [0.717, 1.165) is 5.56 Å². The molecule has 0 fully saturated rings. The highest BCUT2D eigenvalue weighted by Gasteiger charge is 2.13. The fourth-order valence-corrected chi connectivity index (χ4v) is 1.72. The van der Waals surface area contributed by atoms with E-state index >= 15 is 0 Å². The van der Waals surface area contributed by atoms with Crippen molar-refractivity contribution in [3.63, 3.8) is 0 Å². The Morgan fingerprint density at radius 3 is 2.90 bits per heavy atom. The van der Waals surface area contributed by atoms with Crippen LogP contribution in [0.5, 0.6) is 0 Å². The van der Waals surface area contributed by atoms with Gasteiger partial charge in [-0.15, -0.1) is 0 Å². The van der Waals surface area contributed by atoms with Crippen LogP contribution in [0.4, 0.5) is 0 Å². The van der Waals surface area contributed by atoms with Gasteiger partial charge >= 0.3 is 5.97 Å². The smallest absolute Gasteiger partial charge is 0.303 e. The first-order chi connectivity index (χ1) is 10.2. The van der Waals surface area contributed by atoms with Crippen LogP contribution in [0.25, 0.3) is 11.3 Å². The summed E-state index contributed by atoms with van der Waals surface area (Å²) < 4.78 is 5.10. The molecule has 21 heavy (non-hydrogen) atoms. The highest BCUT2D eigenvalue weighted by atomic mass is 16.5. The van der Waals surface area contributed by atoms with E-state index in [-0.39, 0.29) is 18.0 Å². The first kappa shape index (κ1) is 14.7. The van der Waals surface area contributed by atoms with Gasteiger partial charge in [0.25, 0.3) is 5.91 Å². The molecule has 2 aromatic rings. The zero-order valence-electron chi connectivity index (χ0n) is 11.3. The molecule has 2 heterocycles. The minimum absolute atomic E-state index is 0.102. The molecule has 0 radical (unpaired) electrons. The summed E-state index contributed by atoms with van der Waals surface area (Å²) in [7, 11) is 0. The number of hydrogen-bond acceptors (Lipinski definition) is 5. The normalized spacial score (nSPS) is 10.3. The van der Waals surface area contributed by atoms with Crippen LogP contribution >= 0.6 is 0 Å². The molecule has 7 nitrogen and oxygen atoms in total. The molecule has 0 unspecified atom stereocenters. The molecule has 0 saturated heterocycles. The first-order valence-corrected chi connectivity index (χ1v) is 6.54. The predicted octanol–water partition coefficient (Wildman–Crippen LogP) is 1.72. The molecule has 0 aliphatic rings. The highest BCUT2D eigenvalue weighted by Crippen LogP contribution is 2.18. The molecule has 7 heteroatoms. The van der Waals surface area contributed by atoms with Crippen LogP contribution in [-0.2, 0) is 4.79 Å². The molecular weight excluding hydrogens is 274 g/mol. The molecule has 0 aliphatic heterocycles. The summed E-state index contributed by atoms with van der Waals surface area (Å²) in [6, 6.07) is 5.12. The molecule has 0 spiro atoms. The maximum absolute atomic E-state index is 11.8. The van der Waals surface area contributed by atoms with Gasteiger partial charge in [0, 0.05) is 37.0 Å². The number of carboxylic acids is 1. The molecule has 2 N–H and O–H groups in total. The number of hydrogen-bond donors (Lipinski definition) is 2. The van der Waals surface area contributed by atoms with Gasteiger partial charge in [-0.25, -0.2) is 0 Å². The first-order valence-electron chi connectivity index (χ1n) is 6.54. The summed E-state index contributed by atoms with van der Waals surface area (Å²) in [6.45, 7) is 0.404. The second-order valence-corrected chi connectivity index (χ2v) is 4.42. The van der Waals surface area contributed by atoms with Crippen molar-refractivity contribution in [2.75, 3.05) is 6.54 Å². The van der Waals surface area contributed by atoms with Crippen molar-refractivity contribution in [2.24, 2.45) is 0 Å². The Kier molecular flexibility index (Phi) is 5.03. The van der Waals surface area contributed by atoms with Crippen LogP contribution in [0.2, 0.25) is 0 Å². The number of carbonyl (C=O) groups excluding carboxylic acids is 1. The Morgan fingerprint density at radius 1 is 1.33 bits per heavy atom. The van der Waals surface area contributed by atoms with Crippen molar-refractivity contribution < 1.29 is 19.2 Å². The average molecular weight is 289 g/mol. The van der Waals surface area contributed by atoms with Crippen LogP contribution in [0.3, 0.4) is 0 Å². The standard InChI is InChI=1S/C14H15N3O4/c18-13(19)5-1-2-7-16-14(20)11-8-12(21-17-11)10-4-3-6-15-9-10/h3-4,6,8-9H,1-2,5,7H2,(H,16,20)(H,18,19). The maximum Gasteiger partial charge on any atom is 0.303 e. The SMILES string of the molecule is O=C(O)CCCCNC(=O)c1cc(-c2cccnc2)on1. The lowest BCUT2D eigenvalue weighted by atomic mass is 10.2. The molecular formula is C14H15N3O4. The molecule has 0 saturated carbocycles. The van der Waals surface area contributed by atoms with Crippen LogP contribution in [0, 0.1) is 0 Å². The molecule has 0 aliphatic carbocycles. The number of amides is 1. The number of unbranched alkanes of at least 4 members (excludes halogenated alkanes) is 1. The van der Waals surface area contributed by atoms with Crippen molar-refractivity contribution in [1.29, 1.82) is 0 Å². The summed E-state index contributed by atoms with van der Waals surface area (Å²) in [5.41, 5.74) is 0.928. The highest BCUT2D eigenvalue weighted by molar-refractivity contribution is 5.93. The number of aromatic nitrogens is 2. The third kappa shape index (κ3) is 4.41. The van der Waals surface area contributed by atoms with Crippen molar-refractivity contribution >= 4 is 11.9 Å². The second-order valence-electron chi connectivity index (χ2n) is 4.42. The summed E-state index contributed by atoms with van der Waals surface area (Å²) in [5.74, 6) is -0.706. The topological polar surface area (TPSA) is 105 Å². The van der Waals surface area contributed by atoms with Gasteiger partial charge in [-0.1, -0.05) is 5.16 Å². The largest absolute Gasteiger partial charge is 0.481 e. The molecule has 2 rings (SSSR count). The van der Waals surface area contributed by atoms with Gasteiger partial charge in [0.1, 0.15) is 0 Å². The van der Waals surface area contributed by atoms with E-state index in [2.05, 4.69) is 15.5 Å². The summed E-state index contributed by atoms with van der Waals surface area (Å²) >= 11 is 0. The summed E-state index contributed by atoms with van der Waals surface area (Å²) in [4.78, 5) is 26.1. The van der Waals surface area contributed by atoms with Crippen molar-refractivity contribution in [1.82, 2.24) is 15.5 Å².